The summed E-state index contributed by atoms with van der Waals surface area (Å²) in [6.45, 7) is 2.16. The lowest BCUT2D eigenvalue weighted by atomic mass is 10.2. The molecule has 0 amide bonds. The van der Waals surface area contributed by atoms with Gasteiger partial charge in [-0.15, -0.1) is 0 Å². The molecular formula is C19H19N3O3. The van der Waals surface area contributed by atoms with Gasteiger partial charge in [-0.25, -0.2) is 4.98 Å². The summed E-state index contributed by atoms with van der Waals surface area (Å²) in [6.07, 6.45) is 1.66. The highest BCUT2D eigenvalue weighted by atomic mass is 16.5. The molecule has 0 fully saturated rings. The van der Waals surface area contributed by atoms with Crippen molar-refractivity contribution >= 4 is 28.5 Å². The summed E-state index contributed by atoms with van der Waals surface area (Å²) in [5, 5.41) is 0. The molecule has 6 heteroatoms. The number of para-hydroxylation sites is 2. The third kappa shape index (κ3) is 3.85. The van der Waals surface area contributed by atoms with Gasteiger partial charge in [0.25, 0.3) is 0 Å². The molecule has 128 valence electrons. The van der Waals surface area contributed by atoms with E-state index in [4.69, 9.17) is 9.47 Å². The average Bonchev–Trinajstić information content (AvgIpc) is 2.66. The van der Waals surface area contributed by atoms with Crippen LogP contribution in [0.25, 0.3) is 11.0 Å². The molecule has 1 heterocycles. The van der Waals surface area contributed by atoms with E-state index in [9.17, 15) is 4.79 Å². The largest absolute Gasteiger partial charge is 0.497 e. The number of carbonyl (C=O) groups is 1. The monoisotopic (exact) mass is 337 g/mol. The Balaban J connectivity index is 1.99. The van der Waals surface area contributed by atoms with Crippen molar-refractivity contribution in [2.75, 3.05) is 25.2 Å². The predicted octanol–water partition coefficient (Wildman–Crippen LogP) is 3.34. The maximum absolute atomic E-state index is 12.1. The van der Waals surface area contributed by atoms with Crippen LogP contribution in [0.4, 0.5) is 11.5 Å². The van der Waals surface area contributed by atoms with Crippen LogP contribution in [0.1, 0.15) is 6.92 Å². The maximum Gasteiger partial charge on any atom is 0.326 e. The van der Waals surface area contributed by atoms with E-state index < -0.39 is 0 Å². The van der Waals surface area contributed by atoms with Gasteiger partial charge in [0.15, 0.2) is 5.82 Å². The fourth-order valence-electron chi connectivity index (χ4n) is 2.48. The molecule has 25 heavy (non-hydrogen) atoms. The minimum atomic E-state index is -0.326. The summed E-state index contributed by atoms with van der Waals surface area (Å²) < 4.78 is 10.3. The van der Waals surface area contributed by atoms with Crippen LogP contribution < -0.4 is 9.64 Å². The predicted molar refractivity (Wildman–Crippen MR) is 96.2 cm³/mol. The van der Waals surface area contributed by atoms with Crippen molar-refractivity contribution in [1.29, 1.82) is 0 Å². The van der Waals surface area contributed by atoms with E-state index in [1.807, 2.05) is 48.5 Å². The van der Waals surface area contributed by atoms with E-state index in [0.29, 0.717) is 12.4 Å². The number of rotatable bonds is 6. The van der Waals surface area contributed by atoms with Crippen LogP contribution in [-0.4, -0.2) is 36.2 Å². The first-order chi connectivity index (χ1) is 12.2. The topological polar surface area (TPSA) is 64.5 Å². The molecule has 0 saturated heterocycles. The van der Waals surface area contributed by atoms with Crippen LogP contribution in [0.3, 0.4) is 0 Å². The molecular weight excluding hydrogens is 318 g/mol. The van der Waals surface area contributed by atoms with Crippen molar-refractivity contribution in [1.82, 2.24) is 9.97 Å². The average molecular weight is 337 g/mol. The van der Waals surface area contributed by atoms with Gasteiger partial charge in [-0.3, -0.25) is 9.78 Å². The van der Waals surface area contributed by atoms with Crippen LogP contribution in [0.2, 0.25) is 0 Å². The number of ether oxygens (including phenoxy) is 2. The molecule has 0 bridgehead atoms. The molecule has 3 rings (SSSR count). The Morgan fingerprint density at radius 3 is 2.48 bits per heavy atom. The molecule has 0 aliphatic heterocycles. The van der Waals surface area contributed by atoms with E-state index in [0.717, 1.165) is 22.5 Å². The van der Waals surface area contributed by atoms with Crippen molar-refractivity contribution in [2.45, 2.75) is 6.92 Å². The van der Waals surface area contributed by atoms with Crippen molar-refractivity contribution in [3.63, 3.8) is 0 Å². The highest BCUT2D eigenvalue weighted by molar-refractivity contribution is 5.81. The molecule has 0 atom stereocenters. The van der Waals surface area contributed by atoms with Gasteiger partial charge in [0.1, 0.15) is 12.3 Å². The second-order valence-corrected chi connectivity index (χ2v) is 5.31. The Hall–Kier alpha value is -3.15. The molecule has 0 aliphatic rings. The Morgan fingerprint density at radius 2 is 1.80 bits per heavy atom. The zero-order valence-corrected chi connectivity index (χ0v) is 14.2. The van der Waals surface area contributed by atoms with E-state index in [1.165, 1.54) is 0 Å². The maximum atomic E-state index is 12.1. The first-order valence-corrected chi connectivity index (χ1v) is 8.00. The molecule has 0 radical (unpaired) electrons. The first-order valence-electron chi connectivity index (χ1n) is 8.00. The summed E-state index contributed by atoms with van der Waals surface area (Å²) in [6, 6.07) is 15.0. The van der Waals surface area contributed by atoms with Gasteiger partial charge in [0, 0.05) is 5.69 Å². The fraction of sp³-hybridized carbons (Fsp3) is 0.211. The lowest BCUT2D eigenvalue weighted by molar-refractivity contribution is -0.141. The Morgan fingerprint density at radius 1 is 1.08 bits per heavy atom. The molecule has 0 spiro atoms. The number of esters is 1. The zero-order valence-electron chi connectivity index (χ0n) is 14.2. The van der Waals surface area contributed by atoms with Crippen LogP contribution in [0.5, 0.6) is 5.75 Å². The third-order valence-electron chi connectivity index (χ3n) is 3.69. The molecule has 0 N–H and O–H groups in total. The SMILES string of the molecule is CCOC(=O)CN(c1ccc(OC)cc1)c1cnc2ccccc2n1. The van der Waals surface area contributed by atoms with Crippen LogP contribution in [0.15, 0.2) is 54.7 Å². The van der Waals surface area contributed by atoms with Crippen LogP contribution in [0, 0.1) is 0 Å². The van der Waals surface area contributed by atoms with Gasteiger partial charge in [-0.2, -0.15) is 0 Å². The van der Waals surface area contributed by atoms with Crippen molar-refractivity contribution in [2.24, 2.45) is 0 Å². The standard InChI is InChI=1S/C19H19N3O3/c1-3-25-19(23)13-22(14-8-10-15(24-2)11-9-14)18-12-20-16-6-4-5-7-17(16)21-18/h4-12H,3,13H2,1-2H3. The highest BCUT2D eigenvalue weighted by Gasteiger charge is 2.17. The minimum Gasteiger partial charge on any atom is -0.497 e. The van der Waals surface area contributed by atoms with Gasteiger partial charge >= 0.3 is 5.97 Å². The quantitative estimate of drug-likeness (QED) is 0.643. The number of fused-ring (bicyclic) bond motifs is 1. The first kappa shape index (κ1) is 16.7. The number of nitrogens with zero attached hydrogens (tertiary/aromatic N) is 3. The summed E-state index contributed by atoms with van der Waals surface area (Å²) in [4.78, 5) is 22.9. The second-order valence-electron chi connectivity index (χ2n) is 5.31. The van der Waals surface area contributed by atoms with E-state index in [1.54, 1.807) is 25.1 Å². The van der Waals surface area contributed by atoms with Crippen molar-refractivity contribution in [3.05, 3.63) is 54.7 Å². The molecule has 0 saturated carbocycles. The molecule has 1 aromatic heterocycles. The Bertz CT molecular complexity index is 865. The molecule has 0 aliphatic carbocycles. The summed E-state index contributed by atoms with van der Waals surface area (Å²) in [7, 11) is 1.61. The number of methoxy groups -OCH3 is 1. The second kappa shape index (κ2) is 7.61. The summed E-state index contributed by atoms with van der Waals surface area (Å²) in [5.74, 6) is 0.995. The number of hydrogen-bond acceptors (Lipinski definition) is 6. The van der Waals surface area contributed by atoms with Gasteiger partial charge in [-0.05, 0) is 43.3 Å². The smallest absolute Gasteiger partial charge is 0.326 e. The van der Waals surface area contributed by atoms with Crippen LogP contribution >= 0.6 is 0 Å². The summed E-state index contributed by atoms with van der Waals surface area (Å²) >= 11 is 0. The Kier molecular flexibility index (Phi) is 5.09. The van der Waals surface area contributed by atoms with Gasteiger partial charge in [0.2, 0.25) is 0 Å². The van der Waals surface area contributed by atoms with Gasteiger partial charge < -0.3 is 14.4 Å². The number of aromatic nitrogens is 2. The van der Waals surface area contributed by atoms with Crippen molar-refractivity contribution in [3.8, 4) is 5.75 Å². The lowest BCUT2D eigenvalue weighted by Crippen LogP contribution is -2.27. The molecule has 0 unspecified atom stereocenters. The zero-order chi connectivity index (χ0) is 17.6. The Labute approximate surface area is 146 Å². The van der Waals surface area contributed by atoms with Gasteiger partial charge in [-0.1, -0.05) is 12.1 Å². The number of anilines is 2. The lowest BCUT2D eigenvalue weighted by Gasteiger charge is -2.23. The molecule has 2 aromatic carbocycles. The molecule has 3 aromatic rings. The third-order valence-corrected chi connectivity index (χ3v) is 3.69. The summed E-state index contributed by atoms with van der Waals surface area (Å²) in [5.41, 5.74) is 2.37. The van der Waals surface area contributed by atoms with E-state index in [-0.39, 0.29) is 12.5 Å². The number of hydrogen-bond donors (Lipinski definition) is 0. The van der Waals surface area contributed by atoms with Crippen LogP contribution in [-0.2, 0) is 9.53 Å². The highest BCUT2D eigenvalue weighted by Crippen LogP contribution is 2.26. The number of benzene rings is 2. The van der Waals surface area contributed by atoms with E-state index in [2.05, 4.69) is 9.97 Å². The van der Waals surface area contributed by atoms with E-state index >= 15 is 0 Å². The van der Waals surface area contributed by atoms with Crippen molar-refractivity contribution < 1.29 is 14.3 Å². The normalized spacial score (nSPS) is 10.5. The number of carbonyl (C=O) groups excluding carboxylic acids is 1. The minimum absolute atomic E-state index is 0.0488. The molecule has 6 nitrogen and oxygen atoms in total. The van der Waals surface area contributed by atoms with Gasteiger partial charge in [0.05, 0.1) is 30.9 Å². The fourth-order valence-corrected chi connectivity index (χ4v) is 2.48.